The molecular formula is C11H15FN2O2. The van der Waals surface area contributed by atoms with Gasteiger partial charge in [0.05, 0.1) is 0 Å². The Hall–Kier alpha value is -1.62. The summed E-state index contributed by atoms with van der Waals surface area (Å²) in [6.07, 6.45) is 0. The van der Waals surface area contributed by atoms with Crippen LogP contribution in [0.2, 0.25) is 0 Å². The number of carbonyl (C=O) groups is 1. The third kappa shape index (κ3) is 2.93. The van der Waals surface area contributed by atoms with Crippen LogP contribution in [0.1, 0.15) is 6.92 Å². The van der Waals surface area contributed by atoms with Crippen LogP contribution >= 0.6 is 0 Å². The summed E-state index contributed by atoms with van der Waals surface area (Å²) in [5.74, 6) is -1.40. The van der Waals surface area contributed by atoms with Gasteiger partial charge in [-0.15, -0.1) is 0 Å². The van der Waals surface area contributed by atoms with E-state index in [0.717, 1.165) is 5.69 Å². The second kappa shape index (κ2) is 4.49. The van der Waals surface area contributed by atoms with E-state index in [1.807, 2.05) is 0 Å². The molecule has 0 spiro atoms. The minimum Gasteiger partial charge on any atom is -0.480 e. The van der Waals surface area contributed by atoms with Gasteiger partial charge in [0.25, 0.3) is 0 Å². The number of carboxylic acids is 1. The van der Waals surface area contributed by atoms with Crippen molar-refractivity contribution in [1.29, 1.82) is 0 Å². The number of nitrogens with zero attached hydrogens (tertiary/aromatic N) is 1. The molecular weight excluding hydrogens is 211 g/mol. The van der Waals surface area contributed by atoms with Gasteiger partial charge in [0, 0.05) is 19.3 Å². The van der Waals surface area contributed by atoms with Gasteiger partial charge >= 0.3 is 5.97 Å². The number of carboxylic acid groups (broad SMARTS) is 1. The summed E-state index contributed by atoms with van der Waals surface area (Å²) in [6.45, 7) is 1.59. The van der Waals surface area contributed by atoms with E-state index in [1.165, 1.54) is 19.1 Å². The summed E-state index contributed by atoms with van der Waals surface area (Å²) >= 11 is 0. The van der Waals surface area contributed by atoms with E-state index >= 15 is 0 Å². The molecule has 1 aromatic carbocycles. The Balaban J connectivity index is 2.76. The Morgan fingerprint density at radius 1 is 1.50 bits per heavy atom. The molecule has 0 aliphatic heterocycles. The second-order valence-electron chi connectivity index (χ2n) is 4.06. The Bertz CT molecular complexity index is 376. The van der Waals surface area contributed by atoms with E-state index in [1.54, 1.807) is 24.1 Å². The lowest BCUT2D eigenvalue weighted by molar-refractivity contribution is -0.142. The zero-order valence-electron chi connectivity index (χ0n) is 9.27. The van der Waals surface area contributed by atoms with Crippen molar-refractivity contribution in [3.63, 3.8) is 0 Å². The maximum Gasteiger partial charge on any atom is 0.325 e. The lowest BCUT2D eigenvalue weighted by Gasteiger charge is -2.27. The number of rotatable bonds is 4. The first-order valence-electron chi connectivity index (χ1n) is 4.82. The number of benzene rings is 1. The van der Waals surface area contributed by atoms with Gasteiger partial charge in [-0.2, -0.15) is 0 Å². The SMILES string of the molecule is CN(CC(C)(N)C(=O)O)c1ccc(F)cc1. The molecule has 0 bridgehead atoms. The fourth-order valence-corrected chi connectivity index (χ4v) is 1.35. The highest BCUT2D eigenvalue weighted by atomic mass is 19.1. The Morgan fingerprint density at radius 3 is 2.44 bits per heavy atom. The smallest absolute Gasteiger partial charge is 0.325 e. The monoisotopic (exact) mass is 226 g/mol. The normalized spacial score (nSPS) is 14.2. The van der Waals surface area contributed by atoms with Crippen LogP contribution in [-0.2, 0) is 4.79 Å². The maximum absolute atomic E-state index is 12.7. The number of hydrogen-bond acceptors (Lipinski definition) is 3. The number of nitrogens with two attached hydrogens (primary N) is 1. The highest BCUT2D eigenvalue weighted by Crippen LogP contribution is 2.15. The first-order valence-corrected chi connectivity index (χ1v) is 4.82. The minimum atomic E-state index is -1.33. The summed E-state index contributed by atoms with van der Waals surface area (Å²) in [4.78, 5) is 12.5. The molecule has 16 heavy (non-hydrogen) atoms. The summed E-state index contributed by atoms with van der Waals surface area (Å²) in [5, 5.41) is 8.87. The molecule has 0 fully saturated rings. The lowest BCUT2D eigenvalue weighted by atomic mass is 10.0. The lowest BCUT2D eigenvalue weighted by Crippen LogP contribution is -2.53. The standard InChI is InChI=1S/C11H15FN2O2/c1-11(13,10(15)16)7-14(2)9-5-3-8(12)4-6-9/h3-6H,7,13H2,1-2H3,(H,15,16). The molecule has 0 aromatic heterocycles. The molecule has 3 N–H and O–H groups in total. The van der Waals surface area contributed by atoms with E-state index in [4.69, 9.17) is 10.8 Å². The van der Waals surface area contributed by atoms with E-state index < -0.39 is 11.5 Å². The molecule has 0 aliphatic carbocycles. The van der Waals surface area contributed by atoms with Crippen molar-refractivity contribution < 1.29 is 14.3 Å². The maximum atomic E-state index is 12.7. The topological polar surface area (TPSA) is 66.6 Å². The average Bonchev–Trinajstić information content (AvgIpc) is 2.17. The van der Waals surface area contributed by atoms with Crippen LogP contribution in [0.4, 0.5) is 10.1 Å². The summed E-state index contributed by atoms with van der Waals surface area (Å²) < 4.78 is 12.7. The van der Waals surface area contributed by atoms with E-state index in [0.29, 0.717) is 0 Å². The predicted molar refractivity (Wildman–Crippen MR) is 59.9 cm³/mol. The summed E-state index contributed by atoms with van der Waals surface area (Å²) in [7, 11) is 1.71. The van der Waals surface area contributed by atoms with Gasteiger partial charge in [0.15, 0.2) is 0 Å². The molecule has 0 saturated heterocycles. The minimum absolute atomic E-state index is 0.147. The van der Waals surface area contributed by atoms with Crippen molar-refractivity contribution in [3.8, 4) is 0 Å². The predicted octanol–water partition coefficient (Wildman–Crippen LogP) is 1.06. The highest BCUT2D eigenvalue weighted by Gasteiger charge is 2.29. The summed E-state index contributed by atoms with van der Waals surface area (Å²) in [6, 6.07) is 5.79. The zero-order chi connectivity index (χ0) is 12.3. The molecule has 1 unspecified atom stereocenters. The molecule has 1 aromatic rings. The Kier molecular flexibility index (Phi) is 3.49. The van der Waals surface area contributed by atoms with Crippen LogP contribution in [0.3, 0.4) is 0 Å². The van der Waals surface area contributed by atoms with Gasteiger partial charge in [-0.1, -0.05) is 0 Å². The fraction of sp³-hybridized carbons (Fsp3) is 0.364. The number of likely N-dealkylation sites (N-methyl/N-ethyl adjacent to an activating group) is 1. The van der Waals surface area contributed by atoms with Crippen LogP contribution in [-0.4, -0.2) is 30.2 Å². The molecule has 1 rings (SSSR count). The van der Waals surface area contributed by atoms with Gasteiger partial charge in [-0.3, -0.25) is 4.79 Å². The molecule has 0 heterocycles. The molecule has 0 amide bonds. The van der Waals surface area contributed by atoms with Gasteiger partial charge in [0.2, 0.25) is 0 Å². The second-order valence-corrected chi connectivity index (χ2v) is 4.06. The molecule has 88 valence electrons. The van der Waals surface area contributed by atoms with Gasteiger partial charge in [0.1, 0.15) is 11.4 Å². The summed E-state index contributed by atoms with van der Waals surface area (Å²) in [5.41, 5.74) is 5.00. The molecule has 0 saturated carbocycles. The highest BCUT2D eigenvalue weighted by molar-refractivity contribution is 5.79. The number of anilines is 1. The van der Waals surface area contributed by atoms with Crippen molar-refractivity contribution >= 4 is 11.7 Å². The van der Waals surface area contributed by atoms with Crippen molar-refractivity contribution in [2.75, 3.05) is 18.5 Å². The third-order valence-corrected chi connectivity index (χ3v) is 2.32. The molecule has 0 radical (unpaired) electrons. The molecule has 0 aliphatic rings. The van der Waals surface area contributed by atoms with Crippen LogP contribution in [0.15, 0.2) is 24.3 Å². The number of aliphatic carboxylic acids is 1. The van der Waals surface area contributed by atoms with Crippen LogP contribution in [0, 0.1) is 5.82 Å². The quantitative estimate of drug-likeness (QED) is 0.805. The largest absolute Gasteiger partial charge is 0.480 e. The van der Waals surface area contributed by atoms with Gasteiger partial charge in [-0.05, 0) is 31.2 Å². The van der Waals surface area contributed by atoms with Crippen LogP contribution in [0.5, 0.6) is 0 Å². The van der Waals surface area contributed by atoms with Crippen molar-refractivity contribution in [2.24, 2.45) is 5.73 Å². The van der Waals surface area contributed by atoms with E-state index in [9.17, 15) is 9.18 Å². The molecule has 1 atom stereocenters. The van der Waals surface area contributed by atoms with Gasteiger partial charge < -0.3 is 15.7 Å². The third-order valence-electron chi connectivity index (χ3n) is 2.32. The fourth-order valence-electron chi connectivity index (χ4n) is 1.35. The van der Waals surface area contributed by atoms with Crippen LogP contribution in [0.25, 0.3) is 0 Å². The first-order chi connectivity index (χ1) is 7.33. The van der Waals surface area contributed by atoms with Crippen LogP contribution < -0.4 is 10.6 Å². The van der Waals surface area contributed by atoms with Crippen molar-refractivity contribution in [3.05, 3.63) is 30.1 Å². The van der Waals surface area contributed by atoms with Gasteiger partial charge in [-0.25, -0.2) is 4.39 Å². The number of halogens is 1. The van der Waals surface area contributed by atoms with Crippen molar-refractivity contribution in [1.82, 2.24) is 0 Å². The first kappa shape index (κ1) is 12.4. The van der Waals surface area contributed by atoms with E-state index in [-0.39, 0.29) is 12.4 Å². The molecule has 4 nitrogen and oxygen atoms in total. The number of hydrogen-bond donors (Lipinski definition) is 2. The Morgan fingerprint density at radius 2 is 2.00 bits per heavy atom. The zero-order valence-corrected chi connectivity index (χ0v) is 9.27. The molecule has 5 heteroatoms. The average molecular weight is 226 g/mol. The van der Waals surface area contributed by atoms with E-state index in [2.05, 4.69) is 0 Å². The van der Waals surface area contributed by atoms with Crippen molar-refractivity contribution in [2.45, 2.75) is 12.5 Å². The Labute approximate surface area is 93.5 Å².